The summed E-state index contributed by atoms with van der Waals surface area (Å²) in [6.45, 7) is 12.6. The molecule has 0 spiro atoms. The van der Waals surface area contributed by atoms with E-state index >= 15 is 0 Å². The predicted molar refractivity (Wildman–Crippen MR) is 75.8 cm³/mol. The van der Waals surface area contributed by atoms with Crippen molar-refractivity contribution in [1.82, 2.24) is 10.2 Å². The van der Waals surface area contributed by atoms with Crippen LogP contribution in [0, 0.1) is 11.8 Å². The molecule has 0 saturated carbocycles. The summed E-state index contributed by atoms with van der Waals surface area (Å²) in [4.78, 5) is 2.70. The van der Waals surface area contributed by atoms with Crippen LogP contribution in [0.3, 0.4) is 0 Å². The summed E-state index contributed by atoms with van der Waals surface area (Å²) in [6, 6.07) is 1.38. The second-order valence-electron chi connectivity index (χ2n) is 6.27. The number of ether oxygens (including phenoxy) is 1. The van der Waals surface area contributed by atoms with Crippen molar-refractivity contribution >= 4 is 0 Å². The highest BCUT2D eigenvalue weighted by molar-refractivity contribution is 4.85. The van der Waals surface area contributed by atoms with Crippen molar-refractivity contribution in [3.05, 3.63) is 0 Å². The molecule has 4 unspecified atom stereocenters. The average Bonchev–Trinajstić information content (AvgIpc) is 2.81. The van der Waals surface area contributed by atoms with E-state index in [4.69, 9.17) is 4.74 Å². The van der Waals surface area contributed by atoms with E-state index in [-0.39, 0.29) is 0 Å². The second-order valence-corrected chi connectivity index (χ2v) is 6.27. The molecule has 2 heterocycles. The second kappa shape index (κ2) is 6.88. The third-order valence-electron chi connectivity index (χ3n) is 4.87. The number of rotatable bonds is 4. The van der Waals surface area contributed by atoms with Gasteiger partial charge in [0.2, 0.25) is 0 Å². The first-order chi connectivity index (χ1) is 8.70. The molecule has 106 valence electrons. The van der Waals surface area contributed by atoms with Crippen LogP contribution in [0.1, 0.15) is 40.0 Å². The molecule has 18 heavy (non-hydrogen) atoms. The maximum Gasteiger partial charge on any atom is 0.0507 e. The zero-order chi connectivity index (χ0) is 13.0. The Labute approximate surface area is 112 Å². The van der Waals surface area contributed by atoms with Crippen LogP contribution in [0.2, 0.25) is 0 Å². The Morgan fingerprint density at radius 1 is 1.39 bits per heavy atom. The molecule has 3 nitrogen and oxygen atoms in total. The van der Waals surface area contributed by atoms with Gasteiger partial charge in [-0.1, -0.05) is 20.3 Å². The van der Waals surface area contributed by atoms with E-state index in [1.54, 1.807) is 0 Å². The molecule has 0 amide bonds. The lowest BCUT2D eigenvalue weighted by Crippen LogP contribution is -2.45. The van der Waals surface area contributed by atoms with Crippen molar-refractivity contribution in [2.24, 2.45) is 11.8 Å². The van der Waals surface area contributed by atoms with E-state index < -0.39 is 0 Å². The van der Waals surface area contributed by atoms with Gasteiger partial charge in [0.05, 0.1) is 6.61 Å². The van der Waals surface area contributed by atoms with Crippen LogP contribution in [0.4, 0.5) is 0 Å². The molecular formula is C15H30N2O. The summed E-state index contributed by atoms with van der Waals surface area (Å²) in [6.07, 6.45) is 3.80. The Kier molecular flexibility index (Phi) is 5.46. The molecule has 2 aliphatic rings. The van der Waals surface area contributed by atoms with Crippen LogP contribution >= 0.6 is 0 Å². The molecule has 0 bridgehead atoms. The van der Waals surface area contributed by atoms with Crippen molar-refractivity contribution in [2.45, 2.75) is 52.1 Å². The lowest BCUT2D eigenvalue weighted by atomic mass is 9.98. The molecule has 2 rings (SSSR count). The summed E-state index contributed by atoms with van der Waals surface area (Å²) in [5, 5.41) is 3.74. The third kappa shape index (κ3) is 3.69. The zero-order valence-corrected chi connectivity index (χ0v) is 12.3. The minimum Gasteiger partial charge on any atom is -0.381 e. The summed E-state index contributed by atoms with van der Waals surface area (Å²) < 4.78 is 5.52. The van der Waals surface area contributed by atoms with Gasteiger partial charge in [-0.2, -0.15) is 0 Å². The lowest BCUT2D eigenvalue weighted by molar-refractivity contribution is 0.140. The Balaban J connectivity index is 1.91. The molecule has 4 atom stereocenters. The first-order valence-corrected chi connectivity index (χ1v) is 7.75. The van der Waals surface area contributed by atoms with Crippen molar-refractivity contribution in [2.75, 3.05) is 32.8 Å². The summed E-state index contributed by atoms with van der Waals surface area (Å²) >= 11 is 0. The van der Waals surface area contributed by atoms with E-state index in [9.17, 15) is 0 Å². The van der Waals surface area contributed by atoms with Gasteiger partial charge in [0.1, 0.15) is 0 Å². The molecule has 2 fully saturated rings. The largest absolute Gasteiger partial charge is 0.381 e. The highest BCUT2D eigenvalue weighted by Crippen LogP contribution is 2.20. The Bertz CT molecular complexity index is 241. The fourth-order valence-electron chi connectivity index (χ4n) is 3.14. The number of hydrogen-bond acceptors (Lipinski definition) is 3. The first-order valence-electron chi connectivity index (χ1n) is 7.75. The topological polar surface area (TPSA) is 24.5 Å². The van der Waals surface area contributed by atoms with Crippen molar-refractivity contribution in [1.29, 1.82) is 0 Å². The molecule has 2 aliphatic heterocycles. The summed E-state index contributed by atoms with van der Waals surface area (Å²) in [5.41, 5.74) is 0. The molecule has 2 saturated heterocycles. The van der Waals surface area contributed by atoms with E-state index in [2.05, 4.69) is 31.0 Å². The minimum atomic E-state index is 0.669. The van der Waals surface area contributed by atoms with Gasteiger partial charge in [0.25, 0.3) is 0 Å². The fraction of sp³-hybridized carbons (Fsp3) is 1.00. The smallest absolute Gasteiger partial charge is 0.0507 e. The zero-order valence-electron chi connectivity index (χ0n) is 12.3. The van der Waals surface area contributed by atoms with E-state index in [0.717, 1.165) is 25.0 Å². The highest BCUT2D eigenvalue weighted by atomic mass is 16.5. The van der Waals surface area contributed by atoms with Crippen molar-refractivity contribution < 1.29 is 4.74 Å². The number of hydrogen-bond donors (Lipinski definition) is 1. The molecular weight excluding hydrogens is 224 g/mol. The molecule has 0 aromatic carbocycles. The quantitative estimate of drug-likeness (QED) is 0.832. The molecule has 3 heteroatoms. The standard InChI is InChI=1S/C15H30N2O/c1-4-12(2)15-10-17(13(3)5-7-16-15)9-14-6-8-18-11-14/h12-16H,4-11H2,1-3H3. The summed E-state index contributed by atoms with van der Waals surface area (Å²) in [5.74, 6) is 1.54. The Hall–Kier alpha value is -0.120. The van der Waals surface area contributed by atoms with Gasteiger partial charge in [0.15, 0.2) is 0 Å². The Morgan fingerprint density at radius 2 is 2.22 bits per heavy atom. The summed E-state index contributed by atoms with van der Waals surface area (Å²) in [7, 11) is 0. The molecule has 0 aromatic rings. The highest BCUT2D eigenvalue weighted by Gasteiger charge is 2.28. The van der Waals surface area contributed by atoms with Gasteiger partial charge in [0, 0.05) is 31.8 Å². The predicted octanol–water partition coefficient (Wildman–Crippen LogP) is 2.12. The third-order valence-corrected chi connectivity index (χ3v) is 4.87. The van der Waals surface area contributed by atoms with Gasteiger partial charge < -0.3 is 10.1 Å². The fourth-order valence-corrected chi connectivity index (χ4v) is 3.14. The van der Waals surface area contributed by atoms with Crippen LogP contribution in [0.25, 0.3) is 0 Å². The van der Waals surface area contributed by atoms with Gasteiger partial charge in [-0.05, 0) is 38.1 Å². The van der Waals surface area contributed by atoms with Crippen LogP contribution < -0.4 is 5.32 Å². The van der Waals surface area contributed by atoms with Gasteiger partial charge in [-0.15, -0.1) is 0 Å². The Morgan fingerprint density at radius 3 is 2.89 bits per heavy atom. The van der Waals surface area contributed by atoms with Crippen molar-refractivity contribution in [3.8, 4) is 0 Å². The minimum absolute atomic E-state index is 0.669. The van der Waals surface area contributed by atoms with Crippen LogP contribution in [0.15, 0.2) is 0 Å². The molecule has 0 radical (unpaired) electrons. The average molecular weight is 254 g/mol. The normalized spacial score (nSPS) is 36.5. The van der Waals surface area contributed by atoms with E-state index in [1.807, 2.05) is 0 Å². The monoisotopic (exact) mass is 254 g/mol. The number of nitrogens with zero attached hydrogens (tertiary/aromatic N) is 1. The van der Waals surface area contributed by atoms with Crippen LogP contribution in [-0.2, 0) is 4.74 Å². The first kappa shape index (κ1) is 14.3. The molecule has 1 N–H and O–H groups in total. The SMILES string of the molecule is CCC(C)C1CN(CC2CCOC2)C(C)CCN1. The van der Waals surface area contributed by atoms with Gasteiger partial charge in [-0.3, -0.25) is 4.90 Å². The maximum absolute atomic E-state index is 5.52. The van der Waals surface area contributed by atoms with Crippen molar-refractivity contribution in [3.63, 3.8) is 0 Å². The van der Waals surface area contributed by atoms with Gasteiger partial charge >= 0.3 is 0 Å². The van der Waals surface area contributed by atoms with Crippen LogP contribution in [-0.4, -0.2) is 49.8 Å². The van der Waals surface area contributed by atoms with Crippen LogP contribution in [0.5, 0.6) is 0 Å². The van der Waals surface area contributed by atoms with E-state index in [1.165, 1.54) is 38.9 Å². The van der Waals surface area contributed by atoms with Gasteiger partial charge in [-0.25, -0.2) is 0 Å². The molecule has 0 aromatic heterocycles. The molecule has 0 aliphatic carbocycles. The maximum atomic E-state index is 5.52. The number of nitrogens with one attached hydrogen (secondary N) is 1. The lowest BCUT2D eigenvalue weighted by Gasteiger charge is -2.32. The van der Waals surface area contributed by atoms with E-state index in [0.29, 0.717) is 12.1 Å².